The summed E-state index contributed by atoms with van der Waals surface area (Å²) >= 11 is 0. The predicted octanol–water partition coefficient (Wildman–Crippen LogP) is 2.57. The molecule has 0 aromatic heterocycles. The van der Waals surface area contributed by atoms with Crippen LogP contribution in [0.15, 0.2) is 18.2 Å². The van der Waals surface area contributed by atoms with E-state index in [-0.39, 0.29) is 23.5 Å². The first-order valence-electron chi connectivity index (χ1n) is 5.93. The second-order valence-electron chi connectivity index (χ2n) is 4.12. The lowest BCUT2D eigenvalue weighted by Gasteiger charge is -2.18. The van der Waals surface area contributed by atoms with E-state index in [9.17, 15) is 9.18 Å². The Morgan fingerprint density at radius 1 is 1.59 bits per heavy atom. The number of halogens is 1. The number of hydrogen-bond donors (Lipinski definition) is 1. The second-order valence-corrected chi connectivity index (χ2v) is 4.12. The fourth-order valence-corrected chi connectivity index (χ4v) is 2.02. The van der Waals surface area contributed by atoms with Crippen molar-refractivity contribution in [3.63, 3.8) is 0 Å². The Morgan fingerprint density at radius 2 is 2.41 bits per heavy atom. The monoisotopic (exact) mass is 237 g/mol. The van der Waals surface area contributed by atoms with E-state index in [1.165, 1.54) is 6.07 Å². The molecule has 0 fully saturated rings. The van der Waals surface area contributed by atoms with Crippen molar-refractivity contribution in [2.75, 3.05) is 6.61 Å². The average molecular weight is 237 g/mol. The normalized spacial score (nSPS) is 18.8. The lowest BCUT2D eigenvalue weighted by atomic mass is 10.0. The van der Waals surface area contributed by atoms with Crippen LogP contribution in [0.2, 0.25) is 0 Å². The molecule has 4 heteroatoms. The Morgan fingerprint density at radius 3 is 3.18 bits per heavy atom. The van der Waals surface area contributed by atoms with Gasteiger partial charge in [0, 0.05) is 12.0 Å². The van der Waals surface area contributed by atoms with Gasteiger partial charge >= 0.3 is 0 Å². The molecule has 1 heterocycles. The fourth-order valence-electron chi connectivity index (χ4n) is 2.02. The molecule has 1 amide bonds. The summed E-state index contributed by atoms with van der Waals surface area (Å²) in [5, 5.41) is 2.91. The third-order valence-corrected chi connectivity index (χ3v) is 2.91. The Kier molecular flexibility index (Phi) is 3.61. The molecule has 1 atom stereocenters. The third-order valence-electron chi connectivity index (χ3n) is 2.91. The molecular weight excluding hydrogens is 221 g/mol. The highest BCUT2D eigenvalue weighted by Gasteiger charge is 2.23. The summed E-state index contributed by atoms with van der Waals surface area (Å²) in [4.78, 5) is 11.4. The van der Waals surface area contributed by atoms with Crippen LogP contribution < -0.4 is 10.1 Å². The zero-order valence-corrected chi connectivity index (χ0v) is 9.83. The van der Waals surface area contributed by atoms with E-state index in [1.807, 2.05) is 6.07 Å². The van der Waals surface area contributed by atoms with E-state index in [0.29, 0.717) is 13.0 Å². The average Bonchev–Trinajstić information content (AvgIpc) is 2.53. The van der Waals surface area contributed by atoms with E-state index in [2.05, 4.69) is 5.32 Å². The van der Waals surface area contributed by atoms with Crippen molar-refractivity contribution in [3.8, 4) is 5.75 Å². The molecule has 2 rings (SSSR count). The summed E-state index contributed by atoms with van der Waals surface area (Å²) in [6.07, 6.45) is 2.02. The Hall–Kier alpha value is -1.58. The first-order chi connectivity index (χ1) is 8.22. The van der Waals surface area contributed by atoms with E-state index in [1.54, 1.807) is 13.0 Å². The van der Waals surface area contributed by atoms with Gasteiger partial charge in [-0.3, -0.25) is 4.79 Å². The lowest BCUT2D eigenvalue weighted by molar-refractivity contribution is -0.121. The van der Waals surface area contributed by atoms with Gasteiger partial charge < -0.3 is 10.1 Å². The van der Waals surface area contributed by atoms with Gasteiger partial charge in [0.2, 0.25) is 5.91 Å². The number of amides is 1. The molecule has 0 spiro atoms. The number of para-hydroxylation sites is 1. The van der Waals surface area contributed by atoms with Crippen LogP contribution in [-0.4, -0.2) is 12.5 Å². The maximum atomic E-state index is 13.6. The van der Waals surface area contributed by atoms with Crippen LogP contribution in [0, 0.1) is 5.82 Å². The topological polar surface area (TPSA) is 38.3 Å². The van der Waals surface area contributed by atoms with Crippen molar-refractivity contribution in [1.82, 2.24) is 5.32 Å². The van der Waals surface area contributed by atoms with Gasteiger partial charge in [-0.2, -0.15) is 0 Å². The highest BCUT2D eigenvalue weighted by molar-refractivity contribution is 5.76. The fraction of sp³-hybridized carbons (Fsp3) is 0.462. The molecular formula is C13H16FNO2. The molecule has 1 aromatic rings. The number of hydrogen-bond acceptors (Lipinski definition) is 2. The van der Waals surface area contributed by atoms with E-state index in [0.717, 1.165) is 18.4 Å². The number of carbonyl (C=O) groups excluding carboxylic acids is 1. The minimum absolute atomic E-state index is 0.0212. The second kappa shape index (κ2) is 5.17. The van der Waals surface area contributed by atoms with Gasteiger partial charge in [-0.1, -0.05) is 19.1 Å². The molecule has 0 aliphatic carbocycles. The van der Waals surface area contributed by atoms with Gasteiger partial charge in [0.1, 0.15) is 0 Å². The van der Waals surface area contributed by atoms with Gasteiger partial charge in [0.05, 0.1) is 12.6 Å². The molecule has 0 radical (unpaired) electrons. The van der Waals surface area contributed by atoms with Crippen molar-refractivity contribution in [2.45, 2.75) is 32.2 Å². The SMILES string of the molecule is CCC(=O)NC1CCCOc2c(F)cccc21. The molecule has 1 unspecified atom stereocenters. The summed E-state index contributed by atoms with van der Waals surface area (Å²) in [6, 6.07) is 4.69. The molecule has 1 aliphatic rings. The van der Waals surface area contributed by atoms with Crippen molar-refractivity contribution < 1.29 is 13.9 Å². The number of rotatable bonds is 2. The van der Waals surface area contributed by atoms with Crippen molar-refractivity contribution in [2.24, 2.45) is 0 Å². The number of ether oxygens (including phenoxy) is 1. The summed E-state index contributed by atoms with van der Waals surface area (Å²) in [6.45, 7) is 2.29. The van der Waals surface area contributed by atoms with Gasteiger partial charge in [0.25, 0.3) is 0 Å². The molecule has 17 heavy (non-hydrogen) atoms. The highest BCUT2D eigenvalue weighted by Crippen LogP contribution is 2.33. The third kappa shape index (κ3) is 2.57. The summed E-state index contributed by atoms with van der Waals surface area (Å²) in [5.74, 6) is -0.0985. The number of nitrogens with one attached hydrogen (secondary N) is 1. The Bertz CT molecular complexity index is 420. The molecule has 3 nitrogen and oxygen atoms in total. The standard InChI is InChI=1S/C13H16FNO2/c1-2-12(16)15-11-7-4-8-17-13-9(11)5-3-6-10(13)14/h3,5-6,11H,2,4,7-8H2,1H3,(H,15,16). The van der Waals surface area contributed by atoms with Crippen molar-refractivity contribution in [1.29, 1.82) is 0 Å². The molecule has 0 saturated carbocycles. The van der Waals surface area contributed by atoms with Gasteiger partial charge in [-0.15, -0.1) is 0 Å². The zero-order chi connectivity index (χ0) is 12.3. The van der Waals surface area contributed by atoms with Crippen LogP contribution in [0.4, 0.5) is 4.39 Å². The van der Waals surface area contributed by atoms with Gasteiger partial charge in [-0.25, -0.2) is 4.39 Å². The van der Waals surface area contributed by atoms with E-state index >= 15 is 0 Å². The zero-order valence-electron chi connectivity index (χ0n) is 9.83. The predicted molar refractivity (Wildman–Crippen MR) is 62.3 cm³/mol. The van der Waals surface area contributed by atoms with Crippen LogP contribution in [0.1, 0.15) is 37.8 Å². The van der Waals surface area contributed by atoms with Crippen molar-refractivity contribution in [3.05, 3.63) is 29.6 Å². The van der Waals surface area contributed by atoms with Crippen LogP contribution in [-0.2, 0) is 4.79 Å². The smallest absolute Gasteiger partial charge is 0.220 e. The Balaban J connectivity index is 2.30. The van der Waals surface area contributed by atoms with Gasteiger partial charge in [0.15, 0.2) is 11.6 Å². The first kappa shape index (κ1) is 11.9. The molecule has 0 saturated heterocycles. The molecule has 92 valence electrons. The number of fused-ring (bicyclic) bond motifs is 1. The van der Waals surface area contributed by atoms with Gasteiger partial charge in [-0.05, 0) is 18.9 Å². The summed E-state index contributed by atoms with van der Waals surface area (Å²) in [5.41, 5.74) is 0.740. The molecule has 1 aromatic carbocycles. The summed E-state index contributed by atoms with van der Waals surface area (Å²) < 4.78 is 19.0. The first-order valence-corrected chi connectivity index (χ1v) is 5.93. The minimum Gasteiger partial charge on any atom is -0.490 e. The maximum absolute atomic E-state index is 13.6. The van der Waals surface area contributed by atoms with Crippen LogP contribution in [0.3, 0.4) is 0 Å². The molecule has 1 aliphatic heterocycles. The van der Waals surface area contributed by atoms with E-state index < -0.39 is 0 Å². The van der Waals surface area contributed by atoms with Crippen molar-refractivity contribution >= 4 is 5.91 Å². The number of benzene rings is 1. The highest BCUT2D eigenvalue weighted by atomic mass is 19.1. The Labute approximate surface area is 100.0 Å². The van der Waals surface area contributed by atoms with E-state index in [4.69, 9.17) is 4.74 Å². The maximum Gasteiger partial charge on any atom is 0.220 e. The summed E-state index contributed by atoms with van der Waals surface area (Å²) in [7, 11) is 0. The van der Waals surface area contributed by atoms with Crippen LogP contribution in [0.5, 0.6) is 5.75 Å². The minimum atomic E-state index is -0.361. The largest absolute Gasteiger partial charge is 0.490 e. The quantitative estimate of drug-likeness (QED) is 0.858. The number of carbonyl (C=O) groups is 1. The molecule has 1 N–H and O–H groups in total. The van der Waals surface area contributed by atoms with Crippen LogP contribution in [0.25, 0.3) is 0 Å². The van der Waals surface area contributed by atoms with Crippen LogP contribution >= 0.6 is 0 Å². The molecule has 0 bridgehead atoms. The lowest BCUT2D eigenvalue weighted by Crippen LogP contribution is -2.27.